The fraction of sp³-hybridized carbons (Fsp3) is 0.250. The second kappa shape index (κ2) is 6.06. The molecule has 22 heavy (non-hydrogen) atoms. The van der Waals surface area contributed by atoms with Gasteiger partial charge in [0.1, 0.15) is 0 Å². The molecule has 0 amide bonds. The van der Waals surface area contributed by atoms with Crippen LogP contribution in [0.2, 0.25) is 0 Å². The van der Waals surface area contributed by atoms with Gasteiger partial charge in [-0.3, -0.25) is 0 Å². The molecule has 2 unspecified atom stereocenters. The lowest BCUT2D eigenvalue weighted by Gasteiger charge is -2.24. The van der Waals surface area contributed by atoms with Gasteiger partial charge >= 0.3 is 0 Å². The minimum Gasteiger partial charge on any atom is -0.322 e. The van der Waals surface area contributed by atoms with E-state index in [-0.39, 0.29) is 11.1 Å². The number of benzene rings is 2. The molecule has 2 rings (SSSR count). The summed E-state index contributed by atoms with van der Waals surface area (Å²) < 4.78 is 53.6. The maximum atomic E-state index is 13.6. The van der Waals surface area contributed by atoms with Gasteiger partial charge in [-0.2, -0.15) is 0 Å². The summed E-state index contributed by atoms with van der Waals surface area (Å²) in [5.41, 5.74) is 12.8. The van der Waals surface area contributed by atoms with E-state index in [1.807, 2.05) is 0 Å². The molecule has 0 aliphatic carbocycles. The van der Waals surface area contributed by atoms with Gasteiger partial charge in [0.05, 0.1) is 0 Å². The molecule has 2 aromatic carbocycles. The van der Waals surface area contributed by atoms with E-state index >= 15 is 0 Å². The minimum absolute atomic E-state index is 0.0446. The van der Waals surface area contributed by atoms with Crippen LogP contribution in [0, 0.1) is 37.1 Å². The monoisotopic (exact) mass is 312 g/mol. The predicted molar refractivity (Wildman–Crippen MR) is 76.0 cm³/mol. The fourth-order valence-electron chi connectivity index (χ4n) is 2.44. The average molecular weight is 312 g/mol. The Balaban J connectivity index is 2.44. The van der Waals surface area contributed by atoms with Crippen molar-refractivity contribution in [3.63, 3.8) is 0 Å². The second-order valence-electron chi connectivity index (χ2n) is 5.20. The first kappa shape index (κ1) is 16.5. The molecule has 0 fully saturated rings. The Morgan fingerprint density at radius 3 is 1.32 bits per heavy atom. The molecule has 0 aliphatic rings. The van der Waals surface area contributed by atoms with Crippen LogP contribution in [0.15, 0.2) is 24.3 Å². The van der Waals surface area contributed by atoms with E-state index in [0.717, 1.165) is 12.1 Å². The Morgan fingerprint density at radius 2 is 1.00 bits per heavy atom. The van der Waals surface area contributed by atoms with E-state index in [1.54, 1.807) is 0 Å². The zero-order valence-corrected chi connectivity index (χ0v) is 12.1. The van der Waals surface area contributed by atoms with Crippen LogP contribution in [0.25, 0.3) is 0 Å². The van der Waals surface area contributed by atoms with E-state index in [1.165, 1.54) is 26.0 Å². The molecule has 2 nitrogen and oxygen atoms in total. The predicted octanol–water partition coefficient (Wildman–Crippen LogP) is 3.56. The highest BCUT2D eigenvalue weighted by Crippen LogP contribution is 2.31. The highest BCUT2D eigenvalue weighted by atomic mass is 19.2. The van der Waals surface area contributed by atoms with Gasteiger partial charge in [0.2, 0.25) is 0 Å². The highest BCUT2D eigenvalue weighted by molar-refractivity contribution is 5.37. The van der Waals surface area contributed by atoms with E-state index in [0.29, 0.717) is 11.1 Å². The number of hydrogen-bond donors (Lipinski definition) is 2. The maximum Gasteiger partial charge on any atom is 0.162 e. The van der Waals surface area contributed by atoms with Crippen molar-refractivity contribution in [1.29, 1.82) is 0 Å². The van der Waals surface area contributed by atoms with Crippen LogP contribution in [0.4, 0.5) is 17.6 Å². The first-order valence-electron chi connectivity index (χ1n) is 6.65. The Labute approximate surface area is 125 Å². The van der Waals surface area contributed by atoms with Crippen molar-refractivity contribution in [2.45, 2.75) is 25.9 Å². The molecule has 2 atom stereocenters. The van der Waals surface area contributed by atoms with Gasteiger partial charge < -0.3 is 11.5 Å². The summed E-state index contributed by atoms with van der Waals surface area (Å²) in [7, 11) is 0. The van der Waals surface area contributed by atoms with Gasteiger partial charge in [0.15, 0.2) is 23.3 Å². The minimum atomic E-state index is -0.998. The summed E-state index contributed by atoms with van der Waals surface area (Å²) in [6.07, 6.45) is 0. The van der Waals surface area contributed by atoms with Gasteiger partial charge in [-0.15, -0.1) is 0 Å². The summed E-state index contributed by atoms with van der Waals surface area (Å²) in [6, 6.07) is 2.82. The molecule has 0 aliphatic heterocycles. The molecule has 0 bridgehead atoms. The van der Waals surface area contributed by atoms with Gasteiger partial charge in [-0.25, -0.2) is 17.6 Å². The van der Waals surface area contributed by atoms with Crippen LogP contribution in [-0.4, -0.2) is 0 Å². The van der Waals surface area contributed by atoms with Crippen molar-refractivity contribution in [3.05, 3.63) is 69.8 Å². The lowest BCUT2D eigenvalue weighted by molar-refractivity contribution is 0.486. The van der Waals surface area contributed by atoms with Crippen molar-refractivity contribution >= 4 is 0 Å². The van der Waals surface area contributed by atoms with Crippen molar-refractivity contribution < 1.29 is 17.6 Å². The van der Waals surface area contributed by atoms with Gasteiger partial charge in [-0.1, -0.05) is 12.1 Å². The Kier molecular flexibility index (Phi) is 4.53. The largest absolute Gasteiger partial charge is 0.322 e. The first-order valence-corrected chi connectivity index (χ1v) is 6.65. The van der Waals surface area contributed by atoms with E-state index < -0.39 is 35.4 Å². The lowest BCUT2D eigenvalue weighted by atomic mass is 9.89. The zero-order chi connectivity index (χ0) is 16.6. The van der Waals surface area contributed by atoms with Crippen molar-refractivity contribution in [3.8, 4) is 0 Å². The van der Waals surface area contributed by atoms with Crippen LogP contribution >= 0.6 is 0 Å². The maximum absolute atomic E-state index is 13.6. The third-order valence-corrected chi connectivity index (χ3v) is 3.87. The van der Waals surface area contributed by atoms with E-state index in [9.17, 15) is 17.6 Å². The number of rotatable bonds is 3. The van der Waals surface area contributed by atoms with Crippen LogP contribution in [0.1, 0.15) is 34.3 Å². The third-order valence-electron chi connectivity index (χ3n) is 3.87. The summed E-state index contributed by atoms with van der Waals surface area (Å²) in [4.78, 5) is 0. The van der Waals surface area contributed by atoms with Crippen molar-refractivity contribution in [2.24, 2.45) is 11.5 Å². The molecule has 0 saturated heterocycles. The smallest absolute Gasteiger partial charge is 0.162 e. The molecule has 0 saturated carbocycles. The molecule has 0 heterocycles. The SMILES string of the molecule is Cc1c(C(N)C(N)c2ccc(F)c(F)c2C)ccc(F)c1F. The van der Waals surface area contributed by atoms with Crippen LogP contribution in [-0.2, 0) is 0 Å². The number of hydrogen-bond acceptors (Lipinski definition) is 2. The normalized spacial score (nSPS) is 14.0. The number of halogens is 4. The van der Waals surface area contributed by atoms with Gasteiger partial charge in [0, 0.05) is 12.1 Å². The summed E-state index contributed by atoms with van der Waals surface area (Å²) in [6.45, 7) is 2.77. The van der Waals surface area contributed by atoms with Crippen LogP contribution in [0.5, 0.6) is 0 Å². The second-order valence-corrected chi connectivity index (χ2v) is 5.20. The molecule has 4 N–H and O–H groups in total. The molecule has 2 aromatic rings. The Hall–Kier alpha value is -1.92. The van der Waals surface area contributed by atoms with Crippen LogP contribution < -0.4 is 11.5 Å². The van der Waals surface area contributed by atoms with E-state index in [2.05, 4.69) is 0 Å². The molecule has 118 valence electrons. The van der Waals surface area contributed by atoms with E-state index in [4.69, 9.17) is 11.5 Å². The summed E-state index contributed by atoms with van der Waals surface area (Å²) in [5, 5.41) is 0. The van der Waals surface area contributed by atoms with Crippen molar-refractivity contribution in [1.82, 2.24) is 0 Å². The molecular weight excluding hydrogens is 296 g/mol. The molecule has 0 aromatic heterocycles. The Morgan fingerprint density at radius 1 is 0.682 bits per heavy atom. The molecule has 0 radical (unpaired) electrons. The number of nitrogens with two attached hydrogens (primary N) is 2. The highest BCUT2D eigenvalue weighted by Gasteiger charge is 2.24. The Bertz CT molecular complexity index is 654. The standard InChI is InChI=1S/C16H16F4N2/c1-7-9(3-5-11(17)13(7)19)15(21)16(22)10-4-6-12(18)14(20)8(10)2/h3-6,15-16H,21-22H2,1-2H3. The lowest BCUT2D eigenvalue weighted by Crippen LogP contribution is -2.28. The first-order chi connectivity index (χ1) is 10.3. The zero-order valence-electron chi connectivity index (χ0n) is 12.1. The third kappa shape index (κ3) is 2.71. The summed E-state index contributed by atoms with van der Waals surface area (Å²) in [5.74, 6) is -3.96. The molecule has 0 spiro atoms. The quantitative estimate of drug-likeness (QED) is 0.852. The van der Waals surface area contributed by atoms with Crippen molar-refractivity contribution in [2.75, 3.05) is 0 Å². The van der Waals surface area contributed by atoms with Gasteiger partial charge in [0.25, 0.3) is 0 Å². The van der Waals surface area contributed by atoms with Crippen LogP contribution in [0.3, 0.4) is 0 Å². The molecular formula is C16H16F4N2. The summed E-state index contributed by atoms with van der Waals surface area (Å²) >= 11 is 0. The van der Waals surface area contributed by atoms with Gasteiger partial charge in [-0.05, 0) is 48.2 Å². The molecule has 6 heteroatoms. The topological polar surface area (TPSA) is 52.0 Å². The average Bonchev–Trinajstić information content (AvgIpc) is 2.49. The fourth-order valence-corrected chi connectivity index (χ4v) is 2.44.